The molecule has 0 N–H and O–H groups in total. The van der Waals surface area contributed by atoms with Crippen LogP contribution in [-0.2, 0) is 0 Å². The van der Waals surface area contributed by atoms with E-state index in [0.29, 0.717) is 11.1 Å². The minimum Gasteiger partial charge on any atom is -0.456 e. The molecule has 0 amide bonds. The van der Waals surface area contributed by atoms with E-state index in [2.05, 4.69) is 0 Å². The second kappa shape index (κ2) is 9.44. The molecule has 0 radical (unpaired) electrons. The molecule has 0 unspecified atom stereocenters. The molecule has 0 aliphatic carbocycles. The van der Waals surface area contributed by atoms with Gasteiger partial charge in [0, 0.05) is 10.8 Å². The van der Waals surface area contributed by atoms with Crippen molar-refractivity contribution in [2.45, 2.75) is 0 Å². The summed E-state index contributed by atoms with van der Waals surface area (Å²) in [6.07, 6.45) is 0. The maximum Gasteiger partial charge on any atom is 0.135 e. The number of hydrogen-bond donors (Lipinski definition) is 0. The van der Waals surface area contributed by atoms with Crippen molar-refractivity contribution < 1.29 is 25.0 Å². The average molecular weight is 562 g/mol. The van der Waals surface area contributed by atoms with Crippen LogP contribution in [0.5, 0.6) is 0 Å². The molecule has 1 heteroatoms. The molecule has 0 bridgehead atoms. The molecule has 1 heterocycles. The third kappa shape index (κ3) is 3.79. The molecule has 0 saturated carbocycles. The summed E-state index contributed by atoms with van der Waals surface area (Å²) in [6, 6.07) is 11.3. The Kier molecular flexibility index (Phi) is 2.97. The predicted octanol–water partition coefficient (Wildman–Crippen LogP) is 12.0. The van der Waals surface area contributed by atoms with E-state index in [0.717, 1.165) is 16.3 Å². The third-order valence-corrected chi connectivity index (χ3v) is 7.74. The van der Waals surface area contributed by atoms with Crippen molar-refractivity contribution in [1.82, 2.24) is 0 Å². The Morgan fingerprint density at radius 1 is 0.395 bits per heavy atom. The van der Waals surface area contributed by atoms with Crippen LogP contribution in [0.3, 0.4) is 0 Å². The van der Waals surface area contributed by atoms with Gasteiger partial charge in [-0.25, -0.2) is 0 Å². The highest BCUT2D eigenvalue weighted by Crippen LogP contribution is 2.45. The molecule has 1 aromatic heterocycles. The quantitative estimate of drug-likeness (QED) is 0.196. The summed E-state index contributed by atoms with van der Waals surface area (Å²) in [5.41, 5.74) is 0.399. The number of hydrogen-bond acceptors (Lipinski definition) is 1. The van der Waals surface area contributed by atoms with E-state index in [4.69, 9.17) is 16.8 Å². The zero-order valence-electron chi connectivity index (χ0n) is 37.3. The zero-order chi connectivity index (χ0) is 41.4. The topological polar surface area (TPSA) is 13.1 Å². The number of fused-ring (bicyclic) bond motifs is 6. The van der Waals surface area contributed by atoms with Gasteiger partial charge in [-0.1, -0.05) is 127 Å². The van der Waals surface area contributed by atoms with Crippen LogP contribution in [0.4, 0.5) is 0 Å². The summed E-state index contributed by atoms with van der Waals surface area (Å²) >= 11 is 0. The molecule has 1 nitrogen and oxygen atoms in total. The number of furan rings is 1. The van der Waals surface area contributed by atoms with E-state index in [1.165, 1.54) is 0 Å². The molecule has 0 spiro atoms. The molecular formula is C42H26O. The smallest absolute Gasteiger partial charge is 0.135 e. The Morgan fingerprint density at radius 2 is 0.977 bits per heavy atom. The zero-order valence-corrected chi connectivity index (χ0v) is 22.3. The summed E-state index contributed by atoms with van der Waals surface area (Å²) in [5, 5.41) is 0.612. The van der Waals surface area contributed by atoms with Gasteiger partial charge < -0.3 is 4.42 Å². The lowest BCUT2D eigenvalue weighted by Crippen LogP contribution is -1.91. The van der Waals surface area contributed by atoms with Crippen molar-refractivity contribution in [3.8, 4) is 33.4 Å². The lowest BCUT2D eigenvalue weighted by Gasteiger charge is -2.18. The standard InChI is InChI=1S/C42H26O/c1-2-11-28-24-30(21-20-27(28)10-1)29-12-9-13-31(25-29)41-34-15-3-5-17-36(34)42(37-18-6-4-16-35(37)41)32-22-23-40-38(26-32)33-14-7-8-19-39(33)43-40/h1-26H/i3D,4D,5D,6D,7D,8D,14D,15D,16D,17D,18D,19D,22D,23D,26D. The maximum absolute atomic E-state index is 9.59. The van der Waals surface area contributed by atoms with Gasteiger partial charge in [-0.2, -0.15) is 0 Å². The first kappa shape index (κ1) is 13.5. The Bertz CT molecular complexity index is 3270. The van der Waals surface area contributed by atoms with Crippen molar-refractivity contribution in [2.75, 3.05) is 0 Å². The number of para-hydroxylation sites is 1. The van der Waals surface area contributed by atoms with Gasteiger partial charge in [0.2, 0.25) is 0 Å². The predicted molar refractivity (Wildman–Crippen MR) is 183 cm³/mol. The molecule has 0 aliphatic heterocycles. The van der Waals surface area contributed by atoms with E-state index < -0.39 is 96.2 Å². The van der Waals surface area contributed by atoms with E-state index in [-0.39, 0.29) is 54.6 Å². The summed E-state index contributed by atoms with van der Waals surface area (Å²) in [6.45, 7) is 0. The second-order valence-electron chi connectivity index (χ2n) is 10.2. The van der Waals surface area contributed by atoms with Gasteiger partial charge in [0.15, 0.2) is 0 Å². The minimum atomic E-state index is -0.694. The molecule has 8 aromatic carbocycles. The highest BCUT2D eigenvalue weighted by Gasteiger charge is 2.18. The average Bonchev–Trinajstić information content (AvgIpc) is 3.64. The summed E-state index contributed by atoms with van der Waals surface area (Å²) < 4.78 is 140. The maximum atomic E-state index is 9.59. The van der Waals surface area contributed by atoms with Gasteiger partial charge in [-0.15, -0.1) is 0 Å². The van der Waals surface area contributed by atoms with E-state index in [1.807, 2.05) is 48.5 Å². The van der Waals surface area contributed by atoms with Crippen LogP contribution in [0.1, 0.15) is 20.6 Å². The fourth-order valence-corrected chi connectivity index (χ4v) is 5.81. The molecule has 0 atom stereocenters. The van der Waals surface area contributed by atoms with Crippen molar-refractivity contribution in [3.63, 3.8) is 0 Å². The molecule has 9 aromatic rings. The molecule has 0 saturated heterocycles. The van der Waals surface area contributed by atoms with Gasteiger partial charge in [-0.05, 0) is 96.0 Å². The van der Waals surface area contributed by atoms with Gasteiger partial charge in [-0.3, -0.25) is 0 Å². The number of benzene rings is 8. The third-order valence-electron chi connectivity index (χ3n) is 7.74. The van der Waals surface area contributed by atoms with Crippen molar-refractivity contribution >= 4 is 54.3 Å². The Hall–Kier alpha value is -5.66. The van der Waals surface area contributed by atoms with Crippen LogP contribution in [0.2, 0.25) is 0 Å². The van der Waals surface area contributed by atoms with Crippen molar-refractivity contribution in [1.29, 1.82) is 0 Å². The SMILES string of the molecule is [2H]c1c([2H])c([2H])c2c(oc3c([2H])c([2H])c(-c4c5c([2H])c([2H])c([2H])c([2H])c5c(-c5cccc(-c6ccc7ccccc7c6)c5)c5c([2H])c([2H])c([2H])c([2H])c45)c([2H])c32)c1[2H]. The normalized spacial score (nSPS) is 16.6. The highest BCUT2D eigenvalue weighted by atomic mass is 16.3. The second-order valence-corrected chi connectivity index (χ2v) is 10.2. The molecule has 200 valence electrons. The van der Waals surface area contributed by atoms with Crippen LogP contribution < -0.4 is 0 Å². The Labute approximate surface area is 270 Å². The lowest BCUT2D eigenvalue weighted by molar-refractivity contribution is 0.669. The summed E-state index contributed by atoms with van der Waals surface area (Å²) in [5.74, 6) is 0. The van der Waals surface area contributed by atoms with E-state index in [9.17, 15) is 8.22 Å². The van der Waals surface area contributed by atoms with Gasteiger partial charge in [0.1, 0.15) is 11.2 Å². The first-order chi connectivity index (χ1) is 27.6. The van der Waals surface area contributed by atoms with Crippen LogP contribution in [0.25, 0.3) is 87.6 Å². The van der Waals surface area contributed by atoms with Crippen molar-refractivity contribution in [2.24, 2.45) is 0 Å². The molecular weight excluding hydrogens is 520 g/mol. The highest BCUT2D eigenvalue weighted by molar-refractivity contribution is 6.22. The Morgan fingerprint density at radius 3 is 1.72 bits per heavy atom. The van der Waals surface area contributed by atoms with Crippen LogP contribution in [0, 0.1) is 0 Å². The lowest BCUT2D eigenvalue weighted by atomic mass is 9.85. The summed E-state index contributed by atoms with van der Waals surface area (Å²) in [7, 11) is 0. The van der Waals surface area contributed by atoms with E-state index >= 15 is 0 Å². The molecule has 0 fully saturated rings. The van der Waals surface area contributed by atoms with E-state index in [1.54, 1.807) is 18.2 Å². The first-order valence-corrected chi connectivity index (χ1v) is 13.5. The van der Waals surface area contributed by atoms with Gasteiger partial charge in [0.05, 0.1) is 20.6 Å². The molecule has 43 heavy (non-hydrogen) atoms. The molecule has 9 rings (SSSR count). The fourth-order valence-electron chi connectivity index (χ4n) is 5.81. The monoisotopic (exact) mass is 561 g/mol. The fraction of sp³-hybridized carbons (Fsp3) is 0. The largest absolute Gasteiger partial charge is 0.456 e. The minimum absolute atomic E-state index is 0.0588. The number of rotatable bonds is 3. The molecule has 0 aliphatic rings. The van der Waals surface area contributed by atoms with Crippen LogP contribution >= 0.6 is 0 Å². The van der Waals surface area contributed by atoms with Crippen LogP contribution in [0.15, 0.2) is 162 Å². The first-order valence-electron chi connectivity index (χ1n) is 21.0. The van der Waals surface area contributed by atoms with Crippen LogP contribution in [-0.4, -0.2) is 0 Å². The summed E-state index contributed by atoms with van der Waals surface area (Å²) in [4.78, 5) is 0. The van der Waals surface area contributed by atoms with Gasteiger partial charge in [0.25, 0.3) is 0 Å². The Balaban J connectivity index is 1.52. The van der Waals surface area contributed by atoms with Gasteiger partial charge >= 0.3 is 0 Å². The van der Waals surface area contributed by atoms with Crippen molar-refractivity contribution in [3.05, 3.63) is 157 Å².